The Morgan fingerprint density at radius 2 is 1.88 bits per heavy atom. The molecule has 0 aliphatic carbocycles. The fourth-order valence-corrected chi connectivity index (χ4v) is 2.11. The summed E-state index contributed by atoms with van der Waals surface area (Å²) >= 11 is 0. The largest absolute Gasteiger partial charge is 0.497 e. The molecule has 1 amide bonds. The predicted molar refractivity (Wildman–Crippen MR) is 93.4 cm³/mol. The van der Waals surface area contributed by atoms with Crippen LogP contribution in [0.3, 0.4) is 0 Å². The smallest absolute Gasteiger partial charge is 0.335 e. The van der Waals surface area contributed by atoms with Gasteiger partial charge in [0.15, 0.2) is 0 Å². The molecule has 0 saturated heterocycles. The number of carbonyl (C=O) groups is 2. The van der Waals surface area contributed by atoms with Crippen molar-refractivity contribution in [2.45, 2.75) is 6.92 Å². The molecule has 0 aromatic heterocycles. The van der Waals surface area contributed by atoms with Crippen molar-refractivity contribution in [2.75, 3.05) is 12.4 Å². The summed E-state index contributed by atoms with van der Waals surface area (Å²) in [6.07, 6.45) is 1.38. The fourth-order valence-electron chi connectivity index (χ4n) is 2.11. The molecule has 2 N–H and O–H groups in total. The van der Waals surface area contributed by atoms with Crippen LogP contribution in [-0.4, -0.2) is 24.1 Å². The van der Waals surface area contributed by atoms with Crippen LogP contribution >= 0.6 is 0 Å². The molecule has 0 fully saturated rings. The van der Waals surface area contributed by atoms with Crippen LogP contribution < -0.4 is 10.1 Å². The Hall–Kier alpha value is -3.59. The van der Waals surface area contributed by atoms with E-state index < -0.39 is 11.9 Å². The fraction of sp³-hybridized carbons (Fsp3) is 0.105. The molecule has 2 aromatic rings. The third-order valence-electron chi connectivity index (χ3n) is 3.54. The first kappa shape index (κ1) is 17.8. The van der Waals surface area contributed by atoms with Gasteiger partial charge in [0.05, 0.1) is 12.7 Å². The molecule has 0 heterocycles. The molecule has 0 radical (unpaired) electrons. The lowest BCUT2D eigenvalue weighted by Gasteiger charge is -2.07. The first-order valence-electron chi connectivity index (χ1n) is 7.35. The van der Waals surface area contributed by atoms with Gasteiger partial charge in [0.2, 0.25) is 0 Å². The van der Waals surface area contributed by atoms with Gasteiger partial charge in [0.1, 0.15) is 17.4 Å². The number of methoxy groups -OCH3 is 1. The van der Waals surface area contributed by atoms with E-state index in [1.54, 1.807) is 37.3 Å². The van der Waals surface area contributed by atoms with Crippen LogP contribution in [0.2, 0.25) is 0 Å². The summed E-state index contributed by atoms with van der Waals surface area (Å²) in [5.41, 5.74) is 1.74. The zero-order chi connectivity index (χ0) is 18.4. The lowest BCUT2D eigenvalue weighted by Crippen LogP contribution is -2.13. The lowest BCUT2D eigenvalue weighted by atomic mass is 10.0. The van der Waals surface area contributed by atoms with Crippen LogP contribution in [0.15, 0.2) is 48.0 Å². The molecule has 0 spiro atoms. The number of carboxylic acid groups (broad SMARTS) is 1. The number of nitrogens with zero attached hydrogens (tertiary/aromatic N) is 1. The van der Waals surface area contributed by atoms with E-state index in [0.29, 0.717) is 17.0 Å². The summed E-state index contributed by atoms with van der Waals surface area (Å²) in [5, 5.41) is 21.0. The second kappa shape index (κ2) is 7.79. The predicted octanol–water partition coefficient (Wildman–Crippen LogP) is 3.25. The van der Waals surface area contributed by atoms with Gasteiger partial charge in [-0.05, 0) is 60.5 Å². The normalized spacial score (nSPS) is 10.7. The second-order valence-electron chi connectivity index (χ2n) is 5.23. The van der Waals surface area contributed by atoms with Gasteiger partial charge in [-0.3, -0.25) is 4.79 Å². The number of amides is 1. The van der Waals surface area contributed by atoms with Gasteiger partial charge < -0.3 is 15.2 Å². The Bertz CT molecular complexity index is 877. The SMILES string of the molecule is COc1ccc(NC(=O)/C(C#N)=C/c2cc(C(=O)O)ccc2C)cc1. The number of hydrogen-bond donors (Lipinski definition) is 2. The minimum absolute atomic E-state index is 0.0877. The topological polar surface area (TPSA) is 99.4 Å². The van der Waals surface area contributed by atoms with Crippen LogP contribution in [0.25, 0.3) is 6.08 Å². The van der Waals surface area contributed by atoms with Gasteiger partial charge in [-0.2, -0.15) is 5.26 Å². The van der Waals surface area contributed by atoms with Crippen LogP contribution in [0, 0.1) is 18.3 Å². The Morgan fingerprint density at radius 1 is 1.20 bits per heavy atom. The molecule has 0 aliphatic rings. The summed E-state index contributed by atoms with van der Waals surface area (Å²) in [5.74, 6) is -1.00. The van der Waals surface area contributed by atoms with Crippen molar-refractivity contribution in [1.82, 2.24) is 0 Å². The summed E-state index contributed by atoms with van der Waals surface area (Å²) in [6.45, 7) is 1.77. The Balaban J connectivity index is 2.27. The number of nitriles is 1. The molecule has 0 atom stereocenters. The number of aromatic carboxylic acids is 1. The molecular weight excluding hydrogens is 320 g/mol. The molecular formula is C19H16N2O4. The minimum Gasteiger partial charge on any atom is -0.497 e. The highest BCUT2D eigenvalue weighted by Gasteiger charge is 2.12. The van der Waals surface area contributed by atoms with Crippen molar-refractivity contribution in [3.8, 4) is 11.8 Å². The molecule has 6 heteroatoms. The van der Waals surface area contributed by atoms with Crippen molar-refractivity contribution < 1.29 is 19.4 Å². The maximum absolute atomic E-state index is 12.3. The molecule has 2 rings (SSSR count). The molecule has 0 aliphatic heterocycles. The summed E-state index contributed by atoms with van der Waals surface area (Å²) in [7, 11) is 1.54. The van der Waals surface area contributed by atoms with Crippen molar-refractivity contribution in [3.63, 3.8) is 0 Å². The van der Waals surface area contributed by atoms with Gasteiger partial charge in [-0.15, -0.1) is 0 Å². The third-order valence-corrected chi connectivity index (χ3v) is 3.54. The summed E-state index contributed by atoms with van der Waals surface area (Å²) < 4.78 is 5.04. The number of hydrogen-bond acceptors (Lipinski definition) is 4. The lowest BCUT2D eigenvalue weighted by molar-refractivity contribution is -0.112. The van der Waals surface area contributed by atoms with Crippen LogP contribution in [0.4, 0.5) is 5.69 Å². The van der Waals surface area contributed by atoms with Gasteiger partial charge >= 0.3 is 5.97 Å². The number of carboxylic acids is 1. The maximum atomic E-state index is 12.3. The Labute approximate surface area is 145 Å². The molecule has 126 valence electrons. The van der Waals surface area contributed by atoms with E-state index in [4.69, 9.17) is 9.84 Å². The van der Waals surface area contributed by atoms with Crippen molar-refractivity contribution in [3.05, 3.63) is 64.7 Å². The average Bonchev–Trinajstić information content (AvgIpc) is 2.61. The number of aryl methyl sites for hydroxylation is 1. The highest BCUT2D eigenvalue weighted by Crippen LogP contribution is 2.18. The average molecular weight is 336 g/mol. The number of rotatable bonds is 5. The minimum atomic E-state index is -1.07. The molecule has 0 unspecified atom stereocenters. The highest BCUT2D eigenvalue weighted by molar-refractivity contribution is 6.09. The van der Waals surface area contributed by atoms with Gasteiger partial charge in [-0.1, -0.05) is 6.07 Å². The number of carbonyl (C=O) groups excluding carboxylic acids is 1. The van der Waals surface area contributed by atoms with E-state index in [9.17, 15) is 14.9 Å². The van der Waals surface area contributed by atoms with E-state index in [-0.39, 0.29) is 11.1 Å². The second-order valence-corrected chi connectivity index (χ2v) is 5.23. The third kappa shape index (κ3) is 4.45. The zero-order valence-corrected chi connectivity index (χ0v) is 13.7. The quantitative estimate of drug-likeness (QED) is 0.645. The molecule has 0 bridgehead atoms. The van der Waals surface area contributed by atoms with E-state index in [1.165, 1.54) is 25.3 Å². The van der Waals surface area contributed by atoms with Crippen molar-refractivity contribution in [1.29, 1.82) is 5.26 Å². The zero-order valence-electron chi connectivity index (χ0n) is 13.7. The van der Waals surface area contributed by atoms with Gasteiger partial charge in [0, 0.05) is 5.69 Å². The molecule has 6 nitrogen and oxygen atoms in total. The number of nitrogens with one attached hydrogen (secondary N) is 1. The van der Waals surface area contributed by atoms with Crippen LogP contribution in [0.1, 0.15) is 21.5 Å². The number of benzene rings is 2. The Kier molecular flexibility index (Phi) is 5.54. The maximum Gasteiger partial charge on any atom is 0.335 e. The molecule has 25 heavy (non-hydrogen) atoms. The van der Waals surface area contributed by atoms with E-state index in [0.717, 1.165) is 5.56 Å². The summed E-state index contributed by atoms with van der Waals surface area (Å²) in [6, 6.07) is 13.1. The monoisotopic (exact) mass is 336 g/mol. The number of ether oxygens (including phenoxy) is 1. The molecule has 2 aromatic carbocycles. The van der Waals surface area contributed by atoms with Gasteiger partial charge in [-0.25, -0.2) is 4.79 Å². The van der Waals surface area contributed by atoms with E-state index >= 15 is 0 Å². The van der Waals surface area contributed by atoms with Crippen LogP contribution in [-0.2, 0) is 4.79 Å². The highest BCUT2D eigenvalue weighted by atomic mass is 16.5. The molecule has 0 saturated carbocycles. The van der Waals surface area contributed by atoms with E-state index in [2.05, 4.69) is 5.32 Å². The summed E-state index contributed by atoms with van der Waals surface area (Å²) in [4.78, 5) is 23.4. The first-order valence-corrected chi connectivity index (χ1v) is 7.35. The van der Waals surface area contributed by atoms with Crippen molar-refractivity contribution in [2.24, 2.45) is 0 Å². The Morgan fingerprint density at radius 3 is 2.44 bits per heavy atom. The number of anilines is 1. The van der Waals surface area contributed by atoms with Gasteiger partial charge in [0.25, 0.3) is 5.91 Å². The first-order chi connectivity index (χ1) is 11.9. The van der Waals surface area contributed by atoms with E-state index in [1.807, 2.05) is 6.07 Å². The van der Waals surface area contributed by atoms with Crippen molar-refractivity contribution >= 4 is 23.6 Å². The standard InChI is InChI=1S/C19H16N2O4/c1-12-3-4-13(19(23)24)9-14(12)10-15(11-20)18(22)21-16-5-7-17(25-2)8-6-16/h3-10H,1-2H3,(H,21,22)(H,23,24)/b15-10+. The van der Waals surface area contributed by atoms with Crippen LogP contribution in [0.5, 0.6) is 5.75 Å².